The summed E-state index contributed by atoms with van der Waals surface area (Å²) in [7, 11) is 0. The van der Waals surface area contributed by atoms with E-state index in [9.17, 15) is 34.5 Å². The van der Waals surface area contributed by atoms with Crippen LogP contribution in [-0.2, 0) is 28.7 Å². The molecule has 3 N–H and O–H groups in total. The van der Waals surface area contributed by atoms with Crippen LogP contribution in [0.2, 0.25) is 0 Å². The fraction of sp³-hybridized carbons (Fsp3) is 0.692. The van der Waals surface area contributed by atoms with Crippen molar-refractivity contribution in [2.75, 3.05) is 6.61 Å². The van der Waals surface area contributed by atoms with E-state index in [1.807, 2.05) is 0 Å². The van der Waals surface area contributed by atoms with Gasteiger partial charge in [-0.1, -0.05) is 0 Å². The molecule has 1 fully saturated rings. The Morgan fingerprint density at radius 3 is 1.77 bits per heavy atom. The third-order valence-corrected chi connectivity index (χ3v) is 3.78. The van der Waals surface area contributed by atoms with E-state index in [-0.39, 0.29) is 0 Å². The summed E-state index contributed by atoms with van der Waals surface area (Å²) >= 11 is 0. The molecule has 1 rings (SSSR count). The minimum absolute atomic E-state index is 0.753. The maximum absolute atomic E-state index is 11.8. The van der Waals surface area contributed by atoms with Gasteiger partial charge in [0.2, 0.25) is 5.60 Å². The van der Waals surface area contributed by atoms with Crippen molar-refractivity contribution < 1.29 is 44.0 Å². The molecule has 9 nitrogen and oxygen atoms in total. The van der Waals surface area contributed by atoms with Crippen molar-refractivity contribution in [1.82, 2.24) is 0 Å². The number of carbonyl (C=O) groups is 4. The first-order valence-corrected chi connectivity index (χ1v) is 6.37. The molecule has 0 unspecified atom stereocenters. The lowest BCUT2D eigenvalue weighted by atomic mass is 9.71. The fourth-order valence-corrected chi connectivity index (χ4v) is 2.54. The van der Waals surface area contributed by atoms with E-state index in [2.05, 4.69) is 4.74 Å². The topological polar surface area (TPSA) is 147 Å². The molecular weight excluding hydrogens is 300 g/mol. The van der Waals surface area contributed by atoms with Crippen LogP contribution in [0.25, 0.3) is 0 Å². The molecule has 4 atom stereocenters. The van der Waals surface area contributed by atoms with Crippen LogP contribution >= 0.6 is 0 Å². The van der Waals surface area contributed by atoms with Gasteiger partial charge in [-0.2, -0.15) is 0 Å². The van der Waals surface area contributed by atoms with Gasteiger partial charge in [-0.25, -0.2) is 0 Å². The standard InChI is InChI=1S/C13H18O9/c1-6(14)11(18)10(5-21-9(4)17)22-13(20,8(3)16)12(11,19)7(2)15/h10,18-20H,5H2,1-4H3/t10-,11-,12-,13-/m1/s1. The van der Waals surface area contributed by atoms with Crippen LogP contribution in [0.4, 0.5) is 0 Å². The van der Waals surface area contributed by atoms with Gasteiger partial charge in [0.05, 0.1) is 0 Å². The lowest BCUT2D eigenvalue weighted by molar-refractivity contribution is -0.249. The van der Waals surface area contributed by atoms with Gasteiger partial charge in [-0.15, -0.1) is 0 Å². The summed E-state index contributed by atoms with van der Waals surface area (Å²) in [6.07, 6.45) is -1.81. The second-order valence-corrected chi connectivity index (χ2v) is 5.20. The Morgan fingerprint density at radius 1 is 0.955 bits per heavy atom. The van der Waals surface area contributed by atoms with Crippen LogP contribution in [0, 0.1) is 0 Å². The third kappa shape index (κ3) is 2.17. The molecule has 9 heteroatoms. The number of Topliss-reactive ketones (excluding diaryl/α,β-unsaturated/α-hetero) is 3. The molecule has 0 aromatic carbocycles. The third-order valence-electron chi connectivity index (χ3n) is 3.78. The maximum atomic E-state index is 11.8. The van der Waals surface area contributed by atoms with Crippen LogP contribution in [-0.4, -0.2) is 68.3 Å². The highest BCUT2D eigenvalue weighted by atomic mass is 16.7. The van der Waals surface area contributed by atoms with Gasteiger partial charge in [0, 0.05) is 13.8 Å². The summed E-state index contributed by atoms with van der Waals surface area (Å²) in [5.74, 6) is -7.54. The number of esters is 1. The van der Waals surface area contributed by atoms with E-state index in [0.29, 0.717) is 0 Å². The van der Waals surface area contributed by atoms with Gasteiger partial charge in [0.15, 0.2) is 23.0 Å². The minimum Gasteiger partial charge on any atom is -0.463 e. The minimum atomic E-state index is -3.23. The smallest absolute Gasteiger partial charge is 0.302 e. The zero-order chi connectivity index (χ0) is 17.5. The summed E-state index contributed by atoms with van der Waals surface area (Å²) in [6, 6.07) is 0. The van der Waals surface area contributed by atoms with Crippen molar-refractivity contribution >= 4 is 23.3 Å². The molecule has 0 amide bonds. The van der Waals surface area contributed by atoms with E-state index in [1.165, 1.54) is 0 Å². The van der Waals surface area contributed by atoms with Crippen molar-refractivity contribution in [2.45, 2.75) is 50.8 Å². The maximum Gasteiger partial charge on any atom is 0.302 e. The van der Waals surface area contributed by atoms with Crippen LogP contribution in [0.5, 0.6) is 0 Å². The second kappa shape index (κ2) is 5.51. The summed E-state index contributed by atoms with van der Waals surface area (Å²) < 4.78 is 9.50. The predicted molar refractivity (Wildman–Crippen MR) is 68.4 cm³/mol. The Labute approximate surface area is 125 Å². The Hall–Kier alpha value is -1.68. The van der Waals surface area contributed by atoms with Crippen molar-refractivity contribution in [3.63, 3.8) is 0 Å². The molecule has 0 radical (unpaired) electrons. The zero-order valence-corrected chi connectivity index (χ0v) is 12.6. The van der Waals surface area contributed by atoms with E-state index in [1.54, 1.807) is 0 Å². The first-order valence-electron chi connectivity index (χ1n) is 6.37. The highest BCUT2D eigenvalue weighted by Gasteiger charge is 2.79. The Balaban J connectivity index is 3.52. The molecule has 0 saturated carbocycles. The van der Waals surface area contributed by atoms with Gasteiger partial charge in [-0.3, -0.25) is 19.2 Å². The Bertz CT molecular complexity index is 542. The quantitative estimate of drug-likeness (QED) is 0.483. The molecular formula is C13H18O9. The van der Waals surface area contributed by atoms with Gasteiger partial charge in [0.1, 0.15) is 12.7 Å². The molecule has 0 aliphatic carbocycles. The molecule has 22 heavy (non-hydrogen) atoms. The first-order chi connectivity index (χ1) is 9.85. The molecule has 1 aliphatic heterocycles. The van der Waals surface area contributed by atoms with Crippen LogP contribution in [0.3, 0.4) is 0 Å². The van der Waals surface area contributed by atoms with Crippen LogP contribution in [0.15, 0.2) is 0 Å². The average molecular weight is 318 g/mol. The van der Waals surface area contributed by atoms with Crippen LogP contribution in [0.1, 0.15) is 27.7 Å². The number of aliphatic hydroxyl groups is 3. The number of carbonyl (C=O) groups excluding carboxylic acids is 4. The number of hydrogen-bond acceptors (Lipinski definition) is 9. The molecule has 0 bridgehead atoms. The van der Waals surface area contributed by atoms with Crippen LogP contribution < -0.4 is 0 Å². The highest BCUT2D eigenvalue weighted by molar-refractivity contribution is 6.04. The van der Waals surface area contributed by atoms with E-state index < -0.39 is 53.0 Å². The molecule has 0 aromatic heterocycles. The van der Waals surface area contributed by atoms with E-state index >= 15 is 0 Å². The van der Waals surface area contributed by atoms with Gasteiger partial charge in [-0.05, 0) is 13.8 Å². The Morgan fingerprint density at radius 2 is 1.45 bits per heavy atom. The molecule has 1 aliphatic rings. The number of hydrogen-bond donors (Lipinski definition) is 3. The monoisotopic (exact) mass is 318 g/mol. The second-order valence-electron chi connectivity index (χ2n) is 5.20. The average Bonchev–Trinajstić information content (AvgIpc) is 2.57. The molecule has 0 spiro atoms. The Kier molecular flexibility index (Phi) is 4.60. The van der Waals surface area contributed by atoms with Crippen molar-refractivity contribution in [3.05, 3.63) is 0 Å². The normalized spacial score (nSPS) is 37.7. The molecule has 1 heterocycles. The number of ether oxygens (including phenoxy) is 2. The van der Waals surface area contributed by atoms with Crippen molar-refractivity contribution in [3.8, 4) is 0 Å². The molecule has 1 saturated heterocycles. The fourth-order valence-electron chi connectivity index (χ4n) is 2.54. The lowest BCUT2D eigenvalue weighted by Gasteiger charge is -2.39. The first kappa shape index (κ1) is 18.4. The van der Waals surface area contributed by atoms with Crippen molar-refractivity contribution in [2.24, 2.45) is 0 Å². The SMILES string of the molecule is CC(=O)OC[C@H]1O[C@](O)(C(C)=O)[C@@](O)(C(C)=O)[C@@]1(O)C(C)=O. The summed E-state index contributed by atoms with van der Waals surface area (Å²) in [6.45, 7) is 2.71. The summed E-state index contributed by atoms with van der Waals surface area (Å²) in [4.78, 5) is 46.2. The molecule has 124 valence electrons. The van der Waals surface area contributed by atoms with Gasteiger partial charge < -0.3 is 24.8 Å². The highest BCUT2D eigenvalue weighted by Crippen LogP contribution is 2.47. The zero-order valence-electron chi connectivity index (χ0n) is 12.6. The predicted octanol–water partition coefficient (Wildman–Crippen LogP) is -2.13. The number of ketones is 3. The summed E-state index contributed by atoms with van der Waals surface area (Å²) in [5, 5.41) is 31.4. The number of rotatable bonds is 5. The largest absolute Gasteiger partial charge is 0.463 e. The van der Waals surface area contributed by atoms with Gasteiger partial charge in [0.25, 0.3) is 5.79 Å². The lowest BCUT2D eigenvalue weighted by Crippen LogP contribution is -2.72. The summed E-state index contributed by atoms with van der Waals surface area (Å²) in [5.41, 5.74) is -6.20. The van der Waals surface area contributed by atoms with E-state index in [0.717, 1.165) is 27.7 Å². The van der Waals surface area contributed by atoms with Crippen molar-refractivity contribution in [1.29, 1.82) is 0 Å². The van der Waals surface area contributed by atoms with Gasteiger partial charge >= 0.3 is 5.97 Å². The molecule has 0 aromatic rings. The van der Waals surface area contributed by atoms with E-state index in [4.69, 9.17) is 4.74 Å².